The van der Waals surface area contributed by atoms with Gasteiger partial charge in [-0.15, -0.1) is 13.2 Å². The minimum atomic E-state index is -0.197. The zero-order valence-corrected chi connectivity index (χ0v) is 11.4. The molecule has 0 bridgehead atoms. The van der Waals surface area contributed by atoms with Gasteiger partial charge in [-0.25, -0.2) is 0 Å². The van der Waals surface area contributed by atoms with Gasteiger partial charge in [-0.1, -0.05) is 24.3 Å². The van der Waals surface area contributed by atoms with Crippen molar-refractivity contribution in [3.8, 4) is 0 Å². The number of hydrogen-bond acceptors (Lipinski definition) is 2. The van der Waals surface area contributed by atoms with E-state index in [1.807, 2.05) is 6.08 Å². The summed E-state index contributed by atoms with van der Waals surface area (Å²) in [4.78, 5) is 0. The first kappa shape index (κ1) is 17.1. The molecular formula is C16H28O2. The quantitative estimate of drug-likeness (QED) is 0.558. The van der Waals surface area contributed by atoms with Crippen molar-refractivity contribution in [2.75, 3.05) is 0 Å². The summed E-state index contributed by atoms with van der Waals surface area (Å²) in [5.74, 6) is 0. The molecule has 0 aromatic carbocycles. The topological polar surface area (TPSA) is 40.5 Å². The molecule has 0 radical (unpaired) electrons. The van der Waals surface area contributed by atoms with Gasteiger partial charge in [0.2, 0.25) is 0 Å². The molecule has 0 saturated heterocycles. The third kappa shape index (κ3) is 11.6. The monoisotopic (exact) mass is 252 g/mol. The standard InChI is InChI=1S/C9H16O.C7H12O/c1-3-5-6-8-9(10)7-4-2;8-7-5-3-1-2-4-6-7/h3-4,9-10H,1-2,5-8H2;1,3,7-8H,2,4-6H2. The molecule has 0 aliphatic heterocycles. The van der Waals surface area contributed by atoms with E-state index in [1.54, 1.807) is 6.08 Å². The van der Waals surface area contributed by atoms with Crippen LogP contribution in [-0.2, 0) is 0 Å². The van der Waals surface area contributed by atoms with Crippen LogP contribution >= 0.6 is 0 Å². The summed E-state index contributed by atoms with van der Waals surface area (Å²) in [7, 11) is 0. The summed E-state index contributed by atoms with van der Waals surface area (Å²) in [6.45, 7) is 7.15. The van der Waals surface area contributed by atoms with Crippen LogP contribution in [0.15, 0.2) is 37.5 Å². The molecule has 0 aromatic heterocycles. The molecule has 104 valence electrons. The van der Waals surface area contributed by atoms with Gasteiger partial charge in [0.05, 0.1) is 12.2 Å². The molecule has 2 N–H and O–H groups in total. The minimum Gasteiger partial charge on any atom is -0.393 e. The normalized spacial score (nSPS) is 20.2. The Morgan fingerprint density at radius 2 is 2.06 bits per heavy atom. The van der Waals surface area contributed by atoms with Gasteiger partial charge in [0.1, 0.15) is 0 Å². The lowest BCUT2D eigenvalue weighted by atomic mass is 10.1. The first-order valence-electron chi connectivity index (χ1n) is 6.93. The Kier molecular flexibility index (Phi) is 12.0. The van der Waals surface area contributed by atoms with Crippen molar-refractivity contribution in [3.05, 3.63) is 37.5 Å². The average molecular weight is 252 g/mol. The first-order valence-corrected chi connectivity index (χ1v) is 6.93. The van der Waals surface area contributed by atoms with E-state index < -0.39 is 0 Å². The third-order valence-electron chi connectivity index (χ3n) is 2.87. The van der Waals surface area contributed by atoms with Gasteiger partial charge in [-0.2, -0.15) is 0 Å². The maximum atomic E-state index is 9.17. The lowest BCUT2D eigenvalue weighted by molar-refractivity contribution is 0.165. The SMILES string of the molecule is C=CCCCC(O)CC=C.OC1CC=CCCC1. The maximum absolute atomic E-state index is 9.17. The molecule has 1 aliphatic rings. The Hall–Kier alpha value is -0.860. The molecule has 2 heteroatoms. The minimum absolute atomic E-state index is 0.0613. The smallest absolute Gasteiger partial charge is 0.0574 e. The Labute approximate surface area is 112 Å². The van der Waals surface area contributed by atoms with Gasteiger partial charge in [0, 0.05) is 0 Å². The van der Waals surface area contributed by atoms with E-state index >= 15 is 0 Å². The Morgan fingerprint density at radius 1 is 1.28 bits per heavy atom. The van der Waals surface area contributed by atoms with E-state index in [1.165, 1.54) is 0 Å². The number of unbranched alkanes of at least 4 members (excludes halogenated alkanes) is 1. The number of allylic oxidation sites excluding steroid dienone is 2. The second-order valence-electron chi connectivity index (χ2n) is 4.69. The summed E-state index contributed by atoms with van der Waals surface area (Å²) in [5, 5.41) is 18.2. The molecule has 1 rings (SSSR count). The van der Waals surface area contributed by atoms with Crippen molar-refractivity contribution in [2.24, 2.45) is 0 Å². The van der Waals surface area contributed by atoms with Crippen LogP contribution in [0.1, 0.15) is 51.4 Å². The molecule has 18 heavy (non-hydrogen) atoms. The Morgan fingerprint density at radius 3 is 2.72 bits per heavy atom. The van der Waals surface area contributed by atoms with Gasteiger partial charge < -0.3 is 10.2 Å². The summed E-state index contributed by atoms with van der Waals surface area (Å²) >= 11 is 0. The molecular weight excluding hydrogens is 224 g/mol. The maximum Gasteiger partial charge on any atom is 0.0574 e. The molecule has 2 unspecified atom stereocenters. The van der Waals surface area contributed by atoms with Crippen LogP contribution in [0.4, 0.5) is 0 Å². The Balaban J connectivity index is 0.000000327. The van der Waals surface area contributed by atoms with E-state index in [2.05, 4.69) is 25.3 Å². The lowest BCUT2D eigenvalue weighted by Gasteiger charge is -2.04. The fraction of sp³-hybridized carbons (Fsp3) is 0.625. The van der Waals surface area contributed by atoms with E-state index in [0.29, 0.717) is 6.42 Å². The summed E-state index contributed by atoms with van der Waals surface area (Å²) < 4.78 is 0. The fourth-order valence-corrected chi connectivity index (χ4v) is 1.77. The van der Waals surface area contributed by atoms with Gasteiger partial charge in [-0.05, 0) is 51.4 Å². The van der Waals surface area contributed by atoms with E-state index in [4.69, 9.17) is 5.11 Å². The predicted molar refractivity (Wildman–Crippen MR) is 78.5 cm³/mol. The number of rotatable bonds is 6. The van der Waals surface area contributed by atoms with Crippen LogP contribution in [-0.4, -0.2) is 22.4 Å². The molecule has 1 aliphatic carbocycles. The second kappa shape index (κ2) is 12.6. The zero-order chi connectivity index (χ0) is 13.6. The second-order valence-corrected chi connectivity index (χ2v) is 4.69. The van der Waals surface area contributed by atoms with Crippen molar-refractivity contribution in [3.63, 3.8) is 0 Å². The molecule has 0 saturated carbocycles. The number of aliphatic hydroxyl groups is 2. The van der Waals surface area contributed by atoms with E-state index in [-0.39, 0.29) is 12.2 Å². The highest BCUT2D eigenvalue weighted by molar-refractivity contribution is 4.87. The Bertz CT molecular complexity index is 233. The van der Waals surface area contributed by atoms with Crippen LogP contribution in [0, 0.1) is 0 Å². The van der Waals surface area contributed by atoms with Gasteiger partial charge in [0.15, 0.2) is 0 Å². The van der Waals surface area contributed by atoms with Gasteiger partial charge >= 0.3 is 0 Å². The molecule has 2 atom stereocenters. The summed E-state index contributed by atoms with van der Waals surface area (Å²) in [5.41, 5.74) is 0. The van der Waals surface area contributed by atoms with Crippen molar-refractivity contribution in [1.82, 2.24) is 0 Å². The van der Waals surface area contributed by atoms with Crippen LogP contribution < -0.4 is 0 Å². The predicted octanol–water partition coefficient (Wildman–Crippen LogP) is 3.76. The number of aliphatic hydroxyl groups excluding tert-OH is 2. The van der Waals surface area contributed by atoms with Crippen molar-refractivity contribution >= 4 is 0 Å². The lowest BCUT2D eigenvalue weighted by Crippen LogP contribution is -2.03. The van der Waals surface area contributed by atoms with Gasteiger partial charge in [0.25, 0.3) is 0 Å². The fourth-order valence-electron chi connectivity index (χ4n) is 1.77. The molecule has 0 aromatic rings. The zero-order valence-electron chi connectivity index (χ0n) is 11.4. The third-order valence-corrected chi connectivity index (χ3v) is 2.87. The molecule has 0 heterocycles. The highest BCUT2D eigenvalue weighted by atomic mass is 16.3. The van der Waals surface area contributed by atoms with E-state index in [0.717, 1.165) is 44.9 Å². The highest BCUT2D eigenvalue weighted by Gasteiger charge is 2.02. The van der Waals surface area contributed by atoms with Gasteiger partial charge in [-0.3, -0.25) is 0 Å². The summed E-state index contributed by atoms with van der Waals surface area (Å²) in [6.07, 6.45) is 15.3. The van der Waals surface area contributed by atoms with Crippen LogP contribution in [0.2, 0.25) is 0 Å². The van der Waals surface area contributed by atoms with Crippen LogP contribution in [0.25, 0.3) is 0 Å². The molecule has 0 fully saturated rings. The highest BCUT2D eigenvalue weighted by Crippen LogP contribution is 2.10. The van der Waals surface area contributed by atoms with Crippen LogP contribution in [0.5, 0.6) is 0 Å². The van der Waals surface area contributed by atoms with Crippen molar-refractivity contribution < 1.29 is 10.2 Å². The van der Waals surface area contributed by atoms with Crippen LogP contribution in [0.3, 0.4) is 0 Å². The molecule has 0 spiro atoms. The molecule has 2 nitrogen and oxygen atoms in total. The summed E-state index contributed by atoms with van der Waals surface area (Å²) in [6, 6.07) is 0. The van der Waals surface area contributed by atoms with E-state index in [9.17, 15) is 5.11 Å². The molecule has 0 amide bonds. The average Bonchev–Trinajstić information content (AvgIpc) is 2.58. The van der Waals surface area contributed by atoms with Crippen molar-refractivity contribution in [2.45, 2.75) is 63.6 Å². The largest absolute Gasteiger partial charge is 0.393 e. The number of hydrogen-bond donors (Lipinski definition) is 2. The first-order chi connectivity index (χ1) is 8.70. The van der Waals surface area contributed by atoms with Crippen molar-refractivity contribution in [1.29, 1.82) is 0 Å².